The van der Waals surface area contributed by atoms with Gasteiger partial charge in [-0.1, -0.05) is 6.07 Å². The molecule has 5 nitrogen and oxygen atoms in total. The molecule has 3 aromatic rings. The number of Topliss-reactive ketones (excluding diaryl/α,β-unsaturated/α-hetero) is 1. The van der Waals surface area contributed by atoms with Crippen LogP contribution in [0, 0.1) is 0 Å². The first-order valence-electron chi connectivity index (χ1n) is 6.08. The fourth-order valence-electron chi connectivity index (χ4n) is 2.11. The number of carbonyl (C=O) groups excluding carboxylic acids is 1. The van der Waals surface area contributed by atoms with Gasteiger partial charge < -0.3 is 9.52 Å². The van der Waals surface area contributed by atoms with E-state index >= 15 is 0 Å². The molecule has 0 aliphatic rings. The molecule has 0 bridgehead atoms. The molecule has 1 unspecified atom stereocenters. The summed E-state index contributed by atoms with van der Waals surface area (Å²) in [6.07, 6.45) is 0.314. The average Bonchev–Trinajstić information content (AvgIpc) is 2.46. The van der Waals surface area contributed by atoms with Crippen LogP contribution in [0.4, 0.5) is 0 Å². The molecule has 0 amide bonds. The van der Waals surface area contributed by atoms with E-state index in [2.05, 4.69) is 4.98 Å². The number of aromatic nitrogens is 1. The Morgan fingerprint density at radius 3 is 2.85 bits per heavy atom. The quantitative estimate of drug-likeness (QED) is 0.719. The van der Waals surface area contributed by atoms with Gasteiger partial charge >= 0.3 is 0 Å². The van der Waals surface area contributed by atoms with Crippen molar-refractivity contribution in [3.8, 4) is 0 Å². The highest BCUT2D eigenvalue weighted by Gasteiger charge is 2.15. The van der Waals surface area contributed by atoms with Crippen molar-refractivity contribution in [3.05, 3.63) is 52.3 Å². The topological polar surface area (TPSA) is 80.4 Å². The molecule has 0 saturated carbocycles. The summed E-state index contributed by atoms with van der Waals surface area (Å²) >= 11 is 0. The number of hydrogen-bond donors (Lipinski definition) is 1. The highest BCUT2D eigenvalue weighted by Crippen LogP contribution is 2.21. The summed E-state index contributed by atoms with van der Waals surface area (Å²) in [7, 11) is 0. The fourth-order valence-corrected chi connectivity index (χ4v) is 2.11. The van der Waals surface area contributed by atoms with E-state index in [1.54, 1.807) is 30.5 Å². The second kappa shape index (κ2) is 4.54. The zero-order valence-corrected chi connectivity index (χ0v) is 10.7. The lowest BCUT2D eigenvalue weighted by Gasteiger charge is -2.08. The van der Waals surface area contributed by atoms with Gasteiger partial charge in [0.2, 0.25) is 11.1 Å². The molecule has 1 N–H and O–H groups in total. The molecule has 0 aliphatic carbocycles. The van der Waals surface area contributed by atoms with Crippen molar-refractivity contribution in [1.82, 2.24) is 4.98 Å². The number of aliphatic hydroxyl groups excluding tert-OH is 1. The Labute approximate surface area is 113 Å². The number of rotatable bonds is 2. The lowest BCUT2D eigenvalue weighted by atomic mass is 10.0. The van der Waals surface area contributed by atoms with Gasteiger partial charge in [-0.3, -0.25) is 9.59 Å². The molecule has 0 fully saturated rings. The summed E-state index contributed by atoms with van der Waals surface area (Å²) in [5, 5.41) is 10.5. The highest BCUT2D eigenvalue weighted by molar-refractivity contribution is 5.89. The minimum Gasteiger partial charge on any atom is -0.437 e. The summed E-state index contributed by atoms with van der Waals surface area (Å²) in [5.74, 6) is -0.379. The lowest BCUT2D eigenvalue weighted by Crippen LogP contribution is -2.09. The Morgan fingerprint density at radius 2 is 2.10 bits per heavy atom. The molecular formula is C15H11NO4. The number of pyridine rings is 1. The van der Waals surface area contributed by atoms with Crippen molar-refractivity contribution in [1.29, 1.82) is 0 Å². The van der Waals surface area contributed by atoms with Gasteiger partial charge in [-0.15, -0.1) is 0 Å². The monoisotopic (exact) mass is 269 g/mol. The first-order chi connectivity index (χ1) is 9.58. The van der Waals surface area contributed by atoms with Gasteiger partial charge in [0.05, 0.1) is 10.8 Å². The number of nitrogens with zero attached hydrogens (tertiary/aromatic N) is 1. The Balaban J connectivity index is 2.34. The van der Waals surface area contributed by atoms with Gasteiger partial charge in [0.1, 0.15) is 11.7 Å². The molecule has 0 spiro atoms. The number of hydrogen-bond acceptors (Lipinski definition) is 5. The van der Waals surface area contributed by atoms with Crippen LogP contribution in [0.15, 0.2) is 45.7 Å². The van der Waals surface area contributed by atoms with E-state index in [4.69, 9.17) is 4.42 Å². The number of carbonyl (C=O) groups is 1. The third-order valence-corrected chi connectivity index (χ3v) is 3.17. The first-order valence-corrected chi connectivity index (χ1v) is 6.08. The van der Waals surface area contributed by atoms with E-state index in [0.717, 1.165) is 0 Å². The lowest BCUT2D eigenvalue weighted by molar-refractivity contribution is -0.125. The molecule has 0 radical (unpaired) electrons. The Hall–Kier alpha value is -2.53. The number of ketones is 1. The maximum atomic E-state index is 12.4. The smallest absolute Gasteiger partial charge is 0.230 e. The molecule has 1 atom stereocenters. The predicted molar refractivity (Wildman–Crippen MR) is 73.4 cm³/mol. The highest BCUT2D eigenvalue weighted by atomic mass is 16.3. The van der Waals surface area contributed by atoms with Crippen LogP contribution in [0.5, 0.6) is 0 Å². The Bertz CT molecular complexity index is 882. The van der Waals surface area contributed by atoms with E-state index in [-0.39, 0.29) is 16.9 Å². The SMILES string of the molecule is CC(=O)C(O)c1ccc2oc3ncccc3c(=O)c2c1. The van der Waals surface area contributed by atoms with Gasteiger partial charge in [-0.25, -0.2) is 4.98 Å². The van der Waals surface area contributed by atoms with Crippen LogP contribution in [-0.2, 0) is 4.79 Å². The third-order valence-electron chi connectivity index (χ3n) is 3.17. The fraction of sp³-hybridized carbons (Fsp3) is 0.133. The van der Waals surface area contributed by atoms with Crippen LogP contribution in [0.2, 0.25) is 0 Å². The predicted octanol–water partition coefficient (Wildman–Crippen LogP) is 1.96. The zero-order chi connectivity index (χ0) is 14.3. The summed E-state index contributed by atoms with van der Waals surface area (Å²) in [6.45, 7) is 1.29. The van der Waals surface area contributed by atoms with Gasteiger partial charge in [0.15, 0.2) is 5.78 Å². The van der Waals surface area contributed by atoms with Gasteiger partial charge in [-0.05, 0) is 36.8 Å². The molecule has 3 rings (SSSR count). The van der Waals surface area contributed by atoms with Crippen molar-refractivity contribution in [2.75, 3.05) is 0 Å². The number of fused-ring (bicyclic) bond motifs is 2. The minimum absolute atomic E-state index is 0.230. The van der Waals surface area contributed by atoms with Gasteiger partial charge in [0.25, 0.3) is 0 Å². The minimum atomic E-state index is -1.23. The van der Waals surface area contributed by atoms with Crippen molar-refractivity contribution in [2.45, 2.75) is 13.0 Å². The van der Waals surface area contributed by atoms with Crippen LogP contribution in [0.25, 0.3) is 22.1 Å². The summed E-state index contributed by atoms with van der Waals surface area (Å²) in [5.41, 5.74) is 0.790. The normalized spacial score (nSPS) is 12.7. The van der Waals surface area contributed by atoms with Crippen molar-refractivity contribution in [3.63, 3.8) is 0 Å². The largest absolute Gasteiger partial charge is 0.437 e. The second-order valence-electron chi connectivity index (χ2n) is 4.56. The molecule has 0 saturated heterocycles. The molecule has 1 aromatic carbocycles. The summed E-state index contributed by atoms with van der Waals surface area (Å²) in [4.78, 5) is 27.6. The van der Waals surface area contributed by atoms with Gasteiger partial charge in [-0.2, -0.15) is 0 Å². The van der Waals surface area contributed by atoms with E-state index in [1.807, 2.05) is 0 Å². The number of benzene rings is 1. The Morgan fingerprint density at radius 1 is 1.30 bits per heavy atom. The van der Waals surface area contributed by atoms with Crippen molar-refractivity contribution < 1.29 is 14.3 Å². The standard InChI is InChI=1S/C15H11NO4/c1-8(17)13(18)9-4-5-12-11(7-9)14(19)10-3-2-6-16-15(10)20-12/h2-7,13,18H,1H3. The summed E-state index contributed by atoms with van der Waals surface area (Å²) in [6, 6.07) is 7.89. The van der Waals surface area contributed by atoms with E-state index in [1.165, 1.54) is 13.0 Å². The molecule has 2 heterocycles. The molecule has 0 aliphatic heterocycles. The van der Waals surface area contributed by atoms with E-state index in [0.29, 0.717) is 21.9 Å². The second-order valence-corrected chi connectivity index (χ2v) is 4.56. The third kappa shape index (κ3) is 1.88. The molecular weight excluding hydrogens is 258 g/mol. The van der Waals surface area contributed by atoms with Crippen molar-refractivity contribution >= 4 is 27.9 Å². The molecule has 2 aromatic heterocycles. The summed E-state index contributed by atoms with van der Waals surface area (Å²) < 4.78 is 5.54. The van der Waals surface area contributed by atoms with Crippen LogP contribution in [0.1, 0.15) is 18.6 Å². The van der Waals surface area contributed by atoms with E-state index in [9.17, 15) is 14.7 Å². The molecule has 20 heavy (non-hydrogen) atoms. The van der Waals surface area contributed by atoms with Crippen LogP contribution < -0.4 is 5.43 Å². The number of aliphatic hydroxyl groups is 1. The maximum absolute atomic E-state index is 12.4. The first kappa shape index (κ1) is 12.5. The maximum Gasteiger partial charge on any atom is 0.230 e. The van der Waals surface area contributed by atoms with E-state index < -0.39 is 6.10 Å². The molecule has 5 heteroatoms. The molecule has 100 valence electrons. The zero-order valence-electron chi connectivity index (χ0n) is 10.7. The Kier molecular flexibility index (Phi) is 2.84. The average molecular weight is 269 g/mol. The van der Waals surface area contributed by atoms with Crippen LogP contribution in [-0.4, -0.2) is 15.9 Å². The van der Waals surface area contributed by atoms with Crippen LogP contribution >= 0.6 is 0 Å². The van der Waals surface area contributed by atoms with Crippen molar-refractivity contribution in [2.24, 2.45) is 0 Å². The van der Waals surface area contributed by atoms with Gasteiger partial charge in [0, 0.05) is 6.20 Å². The van der Waals surface area contributed by atoms with Crippen LogP contribution in [0.3, 0.4) is 0 Å².